The number of hydrogen-bond acceptors (Lipinski definition) is 11. The van der Waals surface area contributed by atoms with Crippen molar-refractivity contribution < 1.29 is 33.0 Å². The summed E-state index contributed by atoms with van der Waals surface area (Å²) in [4.78, 5) is 63.5. The van der Waals surface area contributed by atoms with Crippen LogP contribution in [0.2, 0.25) is 5.02 Å². The van der Waals surface area contributed by atoms with Crippen molar-refractivity contribution in [1.29, 1.82) is 0 Å². The second kappa shape index (κ2) is 13.8. The third-order valence-corrected chi connectivity index (χ3v) is 9.90. The van der Waals surface area contributed by atoms with Crippen LogP contribution in [0.15, 0.2) is 35.5 Å². The molecule has 0 atom stereocenters. The number of pyridine rings is 1. The van der Waals surface area contributed by atoms with Crippen LogP contribution in [0.25, 0.3) is 11.2 Å². The van der Waals surface area contributed by atoms with Crippen molar-refractivity contribution in [2.75, 3.05) is 48.3 Å². The third kappa shape index (κ3) is 7.06. The molecular formula is C34H37ClF3N9O5. The fourth-order valence-electron chi connectivity index (χ4n) is 6.70. The van der Waals surface area contributed by atoms with Gasteiger partial charge in [-0.1, -0.05) is 18.5 Å². The maximum Gasteiger partial charge on any atom is 0.416 e. The number of carbonyl (C=O) groups excluding carboxylic acids is 2. The quantitative estimate of drug-likeness (QED) is 0.240. The first-order chi connectivity index (χ1) is 24.5. The highest BCUT2D eigenvalue weighted by molar-refractivity contribution is 6.33. The lowest BCUT2D eigenvalue weighted by molar-refractivity contribution is -0.137. The first-order valence-electron chi connectivity index (χ1n) is 16.6. The number of aryl methyl sites for hydroxylation is 1. The number of aromatic hydroxyl groups is 1. The molecule has 6 rings (SSSR count). The number of benzene rings is 1. The molecule has 3 aromatic heterocycles. The average molecular weight is 744 g/mol. The molecule has 1 aliphatic carbocycles. The molecule has 276 valence electrons. The van der Waals surface area contributed by atoms with E-state index in [1.807, 2.05) is 16.7 Å². The van der Waals surface area contributed by atoms with Crippen LogP contribution in [-0.2, 0) is 23.9 Å². The summed E-state index contributed by atoms with van der Waals surface area (Å²) < 4.78 is 41.2. The lowest BCUT2D eigenvalue weighted by Crippen LogP contribution is -2.52. The van der Waals surface area contributed by atoms with Crippen LogP contribution >= 0.6 is 11.6 Å². The molecule has 0 radical (unpaired) electrons. The first-order valence-corrected chi connectivity index (χ1v) is 17.0. The van der Waals surface area contributed by atoms with Gasteiger partial charge in [-0.15, -0.1) is 0 Å². The van der Waals surface area contributed by atoms with Gasteiger partial charge in [0.1, 0.15) is 24.4 Å². The Bertz CT molecular complexity index is 2110. The van der Waals surface area contributed by atoms with E-state index >= 15 is 0 Å². The van der Waals surface area contributed by atoms with E-state index in [0.717, 1.165) is 18.2 Å². The maximum absolute atomic E-state index is 14.4. The average Bonchev–Trinajstić information content (AvgIpc) is 3.09. The molecule has 1 aromatic carbocycles. The second-order valence-corrected chi connectivity index (χ2v) is 13.7. The zero-order valence-corrected chi connectivity index (χ0v) is 29.6. The Balaban J connectivity index is 1.36. The molecule has 18 heteroatoms. The molecule has 3 N–H and O–H groups in total. The van der Waals surface area contributed by atoms with Gasteiger partial charge in [-0.2, -0.15) is 13.2 Å². The van der Waals surface area contributed by atoms with Gasteiger partial charge in [0.05, 0.1) is 33.8 Å². The van der Waals surface area contributed by atoms with Crippen LogP contribution in [0.3, 0.4) is 0 Å². The molecule has 0 spiro atoms. The monoisotopic (exact) mass is 743 g/mol. The van der Waals surface area contributed by atoms with Gasteiger partial charge < -0.3 is 34.8 Å². The fraction of sp³-hybridized carbons (Fsp3) is 0.441. The SMILES string of the molecule is CCc1c(N2CCN(C(=O)c3ncnc(C)c3O)CC2)c(=O)c2nc(N(C)C3CC(C)(O)C3)cnc2n1CC(=O)Nc1ccc(C(F)(F)F)cc1Cl. The Hall–Kier alpha value is -5.03. The van der Waals surface area contributed by atoms with Crippen LogP contribution in [-0.4, -0.2) is 96.3 Å². The van der Waals surface area contributed by atoms with Gasteiger partial charge in [0.2, 0.25) is 11.3 Å². The van der Waals surface area contributed by atoms with E-state index in [4.69, 9.17) is 16.6 Å². The minimum absolute atomic E-state index is 0.0112. The largest absolute Gasteiger partial charge is 0.504 e. The van der Waals surface area contributed by atoms with Gasteiger partial charge in [-0.3, -0.25) is 14.4 Å². The van der Waals surface area contributed by atoms with Gasteiger partial charge >= 0.3 is 6.18 Å². The van der Waals surface area contributed by atoms with E-state index in [0.29, 0.717) is 24.4 Å². The summed E-state index contributed by atoms with van der Waals surface area (Å²) in [5.41, 5.74) is -1.25. The van der Waals surface area contributed by atoms with E-state index in [1.165, 1.54) is 17.4 Å². The number of rotatable bonds is 8. The smallest absolute Gasteiger partial charge is 0.416 e. The summed E-state index contributed by atoms with van der Waals surface area (Å²) in [7, 11) is 1.80. The summed E-state index contributed by atoms with van der Waals surface area (Å²) in [6.45, 7) is 5.55. The molecule has 0 unspecified atom stereocenters. The first kappa shape index (κ1) is 36.8. The summed E-state index contributed by atoms with van der Waals surface area (Å²) >= 11 is 6.12. The van der Waals surface area contributed by atoms with Crippen molar-refractivity contribution in [1.82, 2.24) is 29.4 Å². The van der Waals surface area contributed by atoms with Crippen LogP contribution in [0.5, 0.6) is 5.75 Å². The Morgan fingerprint density at radius 2 is 1.83 bits per heavy atom. The minimum Gasteiger partial charge on any atom is -0.504 e. The number of nitrogens with zero attached hydrogens (tertiary/aromatic N) is 8. The van der Waals surface area contributed by atoms with Crippen molar-refractivity contribution in [2.24, 2.45) is 0 Å². The molecule has 0 bridgehead atoms. The number of aromatic nitrogens is 5. The number of fused-ring (bicyclic) bond motifs is 1. The number of alkyl halides is 3. The number of aliphatic hydroxyl groups is 1. The van der Waals surface area contributed by atoms with Crippen LogP contribution in [0, 0.1) is 6.92 Å². The van der Waals surface area contributed by atoms with E-state index in [1.54, 1.807) is 25.5 Å². The molecule has 1 saturated carbocycles. The highest BCUT2D eigenvalue weighted by Gasteiger charge is 2.41. The molecular weight excluding hydrogens is 707 g/mol. The summed E-state index contributed by atoms with van der Waals surface area (Å²) in [6.07, 6.45) is -0.659. The van der Waals surface area contributed by atoms with Crippen molar-refractivity contribution in [3.63, 3.8) is 0 Å². The van der Waals surface area contributed by atoms with Gasteiger partial charge in [-0.25, -0.2) is 19.9 Å². The zero-order valence-electron chi connectivity index (χ0n) is 28.8. The number of amides is 2. The molecule has 2 fully saturated rings. The fourth-order valence-corrected chi connectivity index (χ4v) is 6.92. The van der Waals surface area contributed by atoms with Gasteiger partial charge in [0, 0.05) is 45.0 Å². The van der Waals surface area contributed by atoms with E-state index in [2.05, 4.69) is 20.3 Å². The lowest BCUT2D eigenvalue weighted by Gasteiger charge is -2.45. The number of hydrogen-bond donors (Lipinski definition) is 3. The Morgan fingerprint density at radius 1 is 1.13 bits per heavy atom. The van der Waals surface area contributed by atoms with Crippen molar-refractivity contribution in [2.45, 2.75) is 64.4 Å². The Labute approximate surface area is 300 Å². The number of anilines is 3. The topological polar surface area (TPSA) is 170 Å². The molecule has 4 aromatic rings. The van der Waals surface area contributed by atoms with E-state index < -0.39 is 34.6 Å². The highest BCUT2D eigenvalue weighted by atomic mass is 35.5. The third-order valence-electron chi connectivity index (χ3n) is 9.58. The predicted molar refractivity (Wildman–Crippen MR) is 187 cm³/mol. The molecule has 1 saturated heterocycles. The Kier molecular flexibility index (Phi) is 9.78. The van der Waals surface area contributed by atoms with E-state index in [9.17, 15) is 37.8 Å². The lowest BCUT2D eigenvalue weighted by atomic mass is 9.76. The van der Waals surface area contributed by atoms with Crippen LogP contribution in [0.4, 0.5) is 30.4 Å². The predicted octanol–water partition coefficient (Wildman–Crippen LogP) is 3.78. The van der Waals surface area contributed by atoms with Gasteiger partial charge in [0.25, 0.3) is 5.91 Å². The van der Waals surface area contributed by atoms with Crippen molar-refractivity contribution >= 4 is 51.8 Å². The van der Waals surface area contributed by atoms with Gasteiger partial charge in [-0.05, 0) is 51.3 Å². The zero-order chi connectivity index (χ0) is 37.7. The molecule has 4 heterocycles. The normalized spacial score (nSPS) is 19.1. The standard InChI is InChI=1S/C34H37ClF3N9O5/c1-5-23-28(45-8-10-46(11-9-45)32(51)27-29(49)18(2)40-17-41-27)30(50)26-31(39-15-24(43-26)44(4)20-13-33(3,52)14-20)47(23)16-25(48)42-22-7-6-19(12-21(22)35)34(36,37)38/h6-7,12,15,17,20,49,52H,5,8-11,13-14,16H2,1-4H3,(H,42,48). The molecule has 52 heavy (non-hydrogen) atoms. The van der Waals surface area contributed by atoms with E-state index in [-0.39, 0.29) is 89.9 Å². The highest BCUT2D eigenvalue weighted by Crippen LogP contribution is 2.37. The van der Waals surface area contributed by atoms with Crippen molar-refractivity contribution in [3.8, 4) is 5.75 Å². The van der Waals surface area contributed by atoms with Gasteiger partial charge in [0.15, 0.2) is 22.6 Å². The van der Waals surface area contributed by atoms with Crippen LogP contribution < -0.4 is 20.5 Å². The molecule has 2 aliphatic rings. The summed E-state index contributed by atoms with van der Waals surface area (Å²) in [5, 5.41) is 23.0. The Morgan fingerprint density at radius 3 is 2.44 bits per heavy atom. The minimum atomic E-state index is -4.62. The maximum atomic E-state index is 14.4. The van der Waals surface area contributed by atoms with Crippen molar-refractivity contribution in [3.05, 3.63) is 68.6 Å². The molecule has 14 nitrogen and oxygen atoms in total. The summed E-state index contributed by atoms with van der Waals surface area (Å²) in [6, 6.07) is 2.57. The number of halogens is 4. The number of carbonyl (C=O) groups is 2. The van der Waals surface area contributed by atoms with Crippen LogP contribution in [0.1, 0.15) is 54.1 Å². The molecule has 2 amide bonds. The molecule has 1 aliphatic heterocycles. The number of piperazine rings is 1. The summed E-state index contributed by atoms with van der Waals surface area (Å²) in [5.74, 6) is -1.03. The number of nitrogens with one attached hydrogen (secondary N) is 1. The second-order valence-electron chi connectivity index (χ2n) is 13.3.